The molecule has 1 aromatic carbocycles. The molecule has 1 aromatic rings. The third-order valence-corrected chi connectivity index (χ3v) is 2.86. The lowest BCUT2D eigenvalue weighted by Gasteiger charge is -2.00. The van der Waals surface area contributed by atoms with Gasteiger partial charge in [0.15, 0.2) is 0 Å². The Morgan fingerprint density at radius 3 is 2.44 bits per heavy atom. The van der Waals surface area contributed by atoms with Gasteiger partial charge in [-0.05, 0) is 12.1 Å². The second kappa shape index (κ2) is 5.32. The standard InChI is InChI=1S/C10H9NO4S/c1-7(10(12)13)6-16-9-4-2-8(3-5-9)11(14)15/h2-5H,1,6H2,(H,12,13). The van der Waals surface area contributed by atoms with Gasteiger partial charge in [0.25, 0.3) is 5.69 Å². The van der Waals surface area contributed by atoms with E-state index in [2.05, 4.69) is 6.58 Å². The summed E-state index contributed by atoms with van der Waals surface area (Å²) in [6, 6.07) is 5.92. The third-order valence-electron chi connectivity index (χ3n) is 1.76. The maximum absolute atomic E-state index is 10.5. The molecule has 0 aromatic heterocycles. The Morgan fingerprint density at radius 1 is 1.44 bits per heavy atom. The minimum absolute atomic E-state index is 0.0152. The number of rotatable bonds is 5. The van der Waals surface area contributed by atoms with Crippen molar-refractivity contribution in [3.63, 3.8) is 0 Å². The fraction of sp³-hybridized carbons (Fsp3) is 0.100. The van der Waals surface area contributed by atoms with E-state index in [-0.39, 0.29) is 17.0 Å². The summed E-state index contributed by atoms with van der Waals surface area (Å²) in [5.41, 5.74) is 0.116. The highest BCUT2D eigenvalue weighted by molar-refractivity contribution is 7.99. The Morgan fingerprint density at radius 2 is 2.00 bits per heavy atom. The number of hydrogen-bond acceptors (Lipinski definition) is 4. The molecule has 0 saturated heterocycles. The van der Waals surface area contributed by atoms with E-state index in [0.29, 0.717) is 0 Å². The van der Waals surface area contributed by atoms with Gasteiger partial charge >= 0.3 is 5.97 Å². The molecule has 1 N–H and O–H groups in total. The molecule has 0 unspecified atom stereocenters. The highest BCUT2D eigenvalue weighted by atomic mass is 32.2. The molecule has 0 heterocycles. The molecular formula is C10H9NO4S. The van der Waals surface area contributed by atoms with Crippen LogP contribution in [0.15, 0.2) is 41.3 Å². The molecule has 0 aliphatic heterocycles. The number of nitro benzene ring substituents is 1. The number of benzene rings is 1. The van der Waals surface area contributed by atoms with E-state index >= 15 is 0 Å². The summed E-state index contributed by atoms with van der Waals surface area (Å²) >= 11 is 1.27. The number of nitrogens with zero attached hydrogens (tertiary/aromatic N) is 1. The smallest absolute Gasteiger partial charge is 0.331 e. The molecule has 0 fully saturated rings. The number of non-ortho nitro benzene ring substituents is 1. The summed E-state index contributed by atoms with van der Waals surface area (Å²) in [4.78, 5) is 21.1. The molecule has 6 heteroatoms. The van der Waals surface area contributed by atoms with Crippen molar-refractivity contribution in [3.8, 4) is 0 Å². The summed E-state index contributed by atoms with van der Waals surface area (Å²) in [5.74, 6) is -0.776. The van der Waals surface area contributed by atoms with Gasteiger partial charge in [-0.1, -0.05) is 6.58 Å². The highest BCUT2D eigenvalue weighted by Gasteiger charge is 2.07. The summed E-state index contributed by atoms with van der Waals surface area (Å²) in [6.45, 7) is 3.39. The first-order valence-electron chi connectivity index (χ1n) is 4.29. The number of carboxylic acids is 1. The van der Waals surface area contributed by atoms with Crippen molar-refractivity contribution in [2.75, 3.05) is 5.75 Å². The van der Waals surface area contributed by atoms with Gasteiger partial charge in [0.1, 0.15) is 0 Å². The molecule has 0 aliphatic rings. The molecule has 0 saturated carbocycles. The quantitative estimate of drug-likeness (QED) is 0.369. The minimum atomic E-state index is -1.03. The molecule has 0 radical (unpaired) electrons. The van der Waals surface area contributed by atoms with Crippen molar-refractivity contribution in [1.29, 1.82) is 0 Å². The van der Waals surface area contributed by atoms with E-state index in [1.807, 2.05) is 0 Å². The van der Waals surface area contributed by atoms with Crippen LogP contribution in [0.2, 0.25) is 0 Å². The first-order valence-corrected chi connectivity index (χ1v) is 5.27. The molecule has 16 heavy (non-hydrogen) atoms. The average Bonchev–Trinajstić information content (AvgIpc) is 2.26. The molecule has 0 amide bonds. The topological polar surface area (TPSA) is 80.4 Å². The normalized spacial score (nSPS) is 9.75. The van der Waals surface area contributed by atoms with Gasteiger partial charge in [-0.15, -0.1) is 11.8 Å². The van der Waals surface area contributed by atoms with E-state index in [0.717, 1.165) is 4.90 Å². The van der Waals surface area contributed by atoms with Crippen LogP contribution in [0.4, 0.5) is 5.69 Å². The highest BCUT2D eigenvalue weighted by Crippen LogP contribution is 2.22. The van der Waals surface area contributed by atoms with Crippen LogP contribution in [0.5, 0.6) is 0 Å². The molecule has 5 nitrogen and oxygen atoms in total. The van der Waals surface area contributed by atoms with Gasteiger partial charge in [0.05, 0.1) is 4.92 Å². The van der Waals surface area contributed by atoms with Crippen LogP contribution >= 0.6 is 11.8 Å². The monoisotopic (exact) mass is 239 g/mol. The molecule has 0 aliphatic carbocycles. The van der Waals surface area contributed by atoms with E-state index < -0.39 is 10.9 Å². The molecule has 1 rings (SSSR count). The Kier molecular flexibility index (Phi) is 4.07. The lowest BCUT2D eigenvalue weighted by molar-refractivity contribution is -0.384. The third kappa shape index (κ3) is 3.39. The van der Waals surface area contributed by atoms with Crippen LogP contribution in [0.1, 0.15) is 0 Å². The molecule has 0 bridgehead atoms. The average molecular weight is 239 g/mol. The SMILES string of the molecule is C=C(CSc1ccc([N+](=O)[O-])cc1)C(=O)O. The zero-order valence-electron chi connectivity index (χ0n) is 8.25. The van der Waals surface area contributed by atoms with Crippen molar-refractivity contribution in [1.82, 2.24) is 0 Å². The van der Waals surface area contributed by atoms with Crippen LogP contribution in [-0.4, -0.2) is 21.8 Å². The summed E-state index contributed by atoms with van der Waals surface area (Å²) < 4.78 is 0. The number of thioether (sulfide) groups is 1. The first-order chi connectivity index (χ1) is 7.50. The van der Waals surface area contributed by atoms with Crippen molar-refractivity contribution >= 4 is 23.4 Å². The second-order valence-corrected chi connectivity index (χ2v) is 4.00. The summed E-state index contributed by atoms with van der Waals surface area (Å²) in [5, 5.41) is 18.9. The number of hydrogen-bond donors (Lipinski definition) is 1. The largest absolute Gasteiger partial charge is 0.478 e. The van der Waals surface area contributed by atoms with Gasteiger partial charge < -0.3 is 5.11 Å². The molecule has 0 spiro atoms. The Hall–Kier alpha value is -1.82. The van der Waals surface area contributed by atoms with Crippen LogP contribution < -0.4 is 0 Å². The van der Waals surface area contributed by atoms with Crippen LogP contribution in [0.25, 0.3) is 0 Å². The van der Waals surface area contributed by atoms with Crippen LogP contribution in [0.3, 0.4) is 0 Å². The number of carbonyl (C=O) groups is 1. The zero-order valence-corrected chi connectivity index (χ0v) is 9.07. The van der Waals surface area contributed by atoms with Crippen molar-refractivity contribution in [2.24, 2.45) is 0 Å². The predicted molar refractivity (Wildman–Crippen MR) is 60.6 cm³/mol. The van der Waals surface area contributed by atoms with Crippen molar-refractivity contribution in [3.05, 3.63) is 46.5 Å². The fourth-order valence-corrected chi connectivity index (χ4v) is 1.69. The Bertz CT molecular complexity index is 427. The molecule has 0 atom stereocenters. The van der Waals surface area contributed by atoms with Crippen molar-refractivity contribution in [2.45, 2.75) is 4.90 Å². The second-order valence-electron chi connectivity index (χ2n) is 2.95. The summed E-state index contributed by atoms with van der Waals surface area (Å²) in [7, 11) is 0. The molecule has 84 valence electrons. The predicted octanol–water partition coefficient (Wildman–Crippen LogP) is 2.33. The van der Waals surface area contributed by atoms with E-state index in [1.165, 1.54) is 23.9 Å². The number of carboxylic acid groups (broad SMARTS) is 1. The van der Waals surface area contributed by atoms with Crippen LogP contribution in [0, 0.1) is 10.1 Å². The van der Waals surface area contributed by atoms with E-state index in [9.17, 15) is 14.9 Å². The zero-order chi connectivity index (χ0) is 12.1. The van der Waals surface area contributed by atoms with Gasteiger partial charge in [-0.2, -0.15) is 0 Å². The minimum Gasteiger partial charge on any atom is -0.478 e. The first kappa shape index (κ1) is 12.3. The lowest BCUT2D eigenvalue weighted by atomic mass is 10.3. The number of aliphatic carboxylic acids is 1. The van der Waals surface area contributed by atoms with E-state index in [1.54, 1.807) is 12.1 Å². The Balaban J connectivity index is 2.59. The maximum atomic E-state index is 10.5. The molecular weight excluding hydrogens is 230 g/mol. The summed E-state index contributed by atoms with van der Waals surface area (Å²) in [6.07, 6.45) is 0. The van der Waals surface area contributed by atoms with Gasteiger partial charge in [-0.25, -0.2) is 4.79 Å². The van der Waals surface area contributed by atoms with E-state index in [4.69, 9.17) is 5.11 Å². The van der Waals surface area contributed by atoms with Gasteiger partial charge in [-0.3, -0.25) is 10.1 Å². The number of nitro groups is 1. The lowest BCUT2D eigenvalue weighted by Crippen LogP contribution is -2.00. The van der Waals surface area contributed by atoms with Crippen molar-refractivity contribution < 1.29 is 14.8 Å². The maximum Gasteiger partial charge on any atom is 0.331 e. The Labute approximate surface area is 95.9 Å². The van der Waals surface area contributed by atoms with Crippen LogP contribution in [-0.2, 0) is 4.79 Å². The van der Waals surface area contributed by atoms with Gasteiger partial charge in [0, 0.05) is 28.4 Å². The fourth-order valence-electron chi connectivity index (χ4n) is 0.896. The van der Waals surface area contributed by atoms with Gasteiger partial charge in [0.2, 0.25) is 0 Å².